The molecule has 0 radical (unpaired) electrons. The third kappa shape index (κ3) is 3.89. The smallest absolute Gasteiger partial charge is 0.250 e. The van der Waals surface area contributed by atoms with Crippen molar-refractivity contribution in [3.05, 3.63) is 41.5 Å². The topological polar surface area (TPSA) is 71.3 Å². The maximum atomic E-state index is 11.8. The average Bonchev–Trinajstić information content (AvgIpc) is 3.22. The minimum absolute atomic E-state index is 0.201. The van der Waals surface area contributed by atoms with Crippen LogP contribution in [-0.2, 0) is 11.2 Å². The zero-order valence-electron chi connectivity index (χ0n) is 14.0. The lowest BCUT2D eigenvalue weighted by atomic mass is 10.2. The second kappa shape index (κ2) is 7.40. The summed E-state index contributed by atoms with van der Waals surface area (Å²) in [5, 5.41) is 7.11. The lowest BCUT2D eigenvalue weighted by Crippen LogP contribution is -2.24. The Hall–Kier alpha value is -2.47. The molecule has 0 bridgehead atoms. The van der Waals surface area contributed by atoms with Crippen molar-refractivity contribution < 1.29 is 9.32 Å². The Kier molecular flexibility index (Phi) is 5.05. The van der Waals surface area contributed by atoms with Crippen LogP contribution < -0.4 is 10.2 Å². The molecule has 1 atom stereocenters. The molecule has 1 aromatic carbocycles. The fraction of sp³-hybridized carbons (Fsp3) is 0.389. The first-order valence-corrected chi connectivity index (χ1v) is 8.24. The van der Waals surface area contributed by atoms with Crippen molar-refractivity contribution in [1.82, 2.24) is 15.5 Å². The molecule has 6 heteroatoms. The van der Waals surface area contributed by atoms with E-state index in [2.05, 4.69) is 22.4 Å². The van der Waals surface area contributed by atoms with E-state index in [1.54, 1.807) is 6.08 Å². The van der Waals surface area contributed by atoms with Gasteiger partial charge in [-0.1, -0.05) is 17.3 Å². The van der Waals surface area contributed by atoms with Gasteiger partial charge in [-0.15, -0.1) is 0 Å². The van der Waals surface area contributed by atoms with Crippen molar-refractivity contribution >= 4 is 23.7 Å². The molecule has 0 spiro atoms. The fourth-order valence-electron chi connectivity index (χ4n) is 2.65. The number of hydrogen-bond acceptors (Lipinski definition) is 5. The first-order valence-electron chi connectivity index (χ1n) is 8.24. The van der Waals surface area contributed by atoms with Gasteiger partial charge in [0.05, 0.1) is 0 Å². The van der Waals surface area contributed by atoms with Crippen molar-refractivity contribution in [1.29, 1.82) is 0 Å². The summed E-state index contributed by atoms with van der Waals surface area (Å²) in [6, 6.07) is 8.21. The van der Waals surface area contributed by atoms with Crippen molar-refractivity contribution in [3.63, 3.8) is 0 Å². The van der Waals surface area contributed by atoms with Crippen molar-refractivity contribution in [2.24, 2.45) is 0 Å². The van der Waals surface area contributed by atoms with E-state index >= 15 is 0 Å². The van der Waals surface area contributed by atoms with Gasteiger partial charge in [0.1, 0.15) is 0 Å². The van der Waals surface area contributed by atoms with Crippen LogP contribution in [-0.4, -0.2) is 35.7 Å². The Morgan fingerprint density at radius 2 is 2.12 bits per heavy atom. The monoisotopic (exact) mass is 326 g/mol. The molecule has 0 saturated carbocycles. The minimum Gasteiger partial charge on any atom is -0.335 e. The van der Waals surface area contributed by atoms with Gasteiger partial charge in [-0.2, -0.15) is 4.98 Å². The second-order valence-corrected chi connectivity index (χ2v) is 6.02. The Balaban J connectivity index is 1.63. The van der Waals surface area contributed by atoms with Crippen LogP contribution in [0, 0.1) is 0 Å². The van der Waals surface area contributed by atoms with Crippen LogP contribution in [0.25, 0.3) is 12.2 Å². The van der Waals surface area contributed by atoms with Gasteiger partial charge in [0.15, 0.2) is 5.82 Å². The van der Waals surface area contributed by atoms with Crippen molar-refractivity contribution in [3.8, 4) is 0 Å². The van der Waals surface area contributed by atoms with Gasteiger partial charge in [0.25, 0.3) is 5.89 Å². The van der Waals surface area contributed by atoms with Crippen LogP contribution in [0.1, 0.15) is 37.0 Å². The van der Waals surface area contributed by atoms with E-state index in [0.29, 0.717) is 24.2 Å². The van der Waals surface area contributed by atoms with E-state index in [1.807, 2.05) is 42.3 Å². The number of amides is 1. The lowest BCUT2D eigenvalue weighted by molar-refractivity contribution is -0.117. The summed E-state index contributed by atoms with van der Waals surface area (Å²) in [7, 11) is 1.91. The third-order valence-corrected chi connectivity index (χ3v) is 4.16. The van der Waals surface area contributed by atoms with Crippen LogP contribution in [0.3, 0.4) is 0 Å². The Morgan fingerprint density at radius 1 is 1.33 bits per heavy atom. The molecular weight excluding hydrogens is 304 g/mol. The molecule has 1 fully saturated rings. The van der Waals surface area contributed by atoms with Gasteiger partial charge in [0.2, 0.25) is 5.91 Å². The standard InChI is InChI=1S/C18H22N4O2/c1-13(19-2)12-16-20-17(24-21-16)10-7-14-5-8-15(9-6-14)22-11-3-4-18(22)23/h5-10,13,19H,3-4,11-12H2,1-2H3/b10-7+. The molecule has 1 aromatic heterocycles. The number of hydrogen-bond donors (Lipinski definition) is 1. The van der Waals surface area contributed by atoms with Crippen LogP contribution >= 0.6 is 0 Å². The number of aromatic nitrogens is 2. The molecule has 2 heterocycles. The molecule has 126 valence electrons. The number of nitrogens with zero attached hydrogens (tertiary/aromatic N) is 3. The van der Waals surface area contributed by atoms with Gasteiger partial charge in [-0.25, -0.2) is 0 Å². The predicted molar refractivity (Wildman–Crippen MR) is 93.5 cm³/mol. The highest BCUT2D eigenvalue weighted by Crippen LogP contribution is 2.22. The van der Waals surface area contributed by atoms with Gasteiger partial charge in [-0.3, -0.25) is 4.79 Å². The first kappa shape index (κ1) is 16.4. The van der Waals surface area contributed by atoms with E-state index in [9.17, 15) is 4.79 Å². The molecule has 1 unspecified atom stereocenters. The Morgan fingerprint density at radius 3 is 2.79 bits per heavy atom. The SMILES string of the molecule is CNC(C)Cc1noc(/C=C/c2ccc(N3CCCC3=O)cc2)n1. The molecule has 1 aliphatic rings. The number of nitrogens with one attached hydrogen (secondary N) is 1. The summed E-state index contributed by atoms with van der Waals surface area (Å²) >= 11 is 0. The molecular formula is C18H22N4O2. The molecule has 1 N–H and O–H groups in total. The normalized spacial score (nSPS) is 16.2. The molecule has 1 aliphatic heterocycles. The molecule has 2 aromatic rings. The number of benzene rings is 1. The summed E-state index contributed by atoms with van der Waals surface area (Å²) in [5.41, 5.74) is 1.98. The van der Waals surface area contributed by atoms with Gasteiger partial charge < -0.3 is 14.7 Å². The molecule has 1 amide bonds. The predicted octanol–water partition coefficient (Wildman–Crippen LogP) is 2.52. The quantitative estimate of drug-likeness (QED) is 0.883. The Labute approximate surface area is 141 Å². The van der Waals surface area contributed by atoms with Crippen LogP contribution in [0.2, 0.25) is 0 Å². The molecule has 6 nitrogen and oxygen atoms in total. The zero-order valence-corrected chi connectivity index (χ0v) is 14.0. The number of likely N-dealkylation sites (N-methyl/N-ethyl adjacent to an activating group) is 1. The largest absolute Gasteiger partial charge is 0.335 e. The van der Waals surface area contributed by atoms with Gasteiger partial charge >= 0.3 is 0 Å². The summed E-state index contributed by atoms with van der Waals surface area (Å²) in [4.78, 5) is 17.9. The third-order valence-electron chi connectivity index (χ3n) is 4.16. The maximum absolute atomic E-state index is 11.8. The minimum atomic E-state index is 0.201. The fourth-order valence-corrected chi connectivity index (χ4v) is 2.65. The highest BCUT2D eigenvalue weighted by atomic mass is 16.5. The van der Waals surface area contributed by atoms with E-state index in [-0.39, 0.29) is 5.91 Å². The van der Waals surface area contributed by atoms with E-state index < -0.39 is 0 Å². The van der Waals surface area contributed by atoms with E-state index in [0.717, 1.165) is 30.6 Å². The molecule has 3 rings (SSSR count). The molecule has 24 heavy (non-hydrogen) atoms. The highest BCUT2D eigenvalue weighted by Gasteiger charge is 2.21. The van der Waals surface area contributed by atoms with Gasteiger partial charge in [0, 0.05) is 37.2 Å². The first-order chi connectivity index (χ1) is 11.7. The number of rotatable bonds is 6. The van der Waals surface area contributed by atoms with Crippen LogP contribution in [0.4, 0.5) is 5.69 Å². The van der Waals surface area contributed by atoms with Crippen LogP contribution in [0.15, 0.2) is 28.8 Å². The average molecular weight is 326 g/mol. The second-order valence-electron chi connectivity index (χ2n) is 6.02. The zero-order chi connectivity index (χ0) is 16.9. The maximum Gasteiger partial charge on any atom is 0.250 e. The summed E-state index contributed by atoms with van der Waals surface area (Å²) in [6.07, 6.45) is 6.04. The van der Waals surface area contributed by atoms with E-state index in [1.165, 1.54) is 0 Å². The highest BCUT2D eigenvalue weighted by molar-refractivity contribution is 5.95. The number of carbonyl (C=O) groups is 1. The number of carbonyl (C=O) groups excluding carboxylic acids is 1. The van der Waals surface area contributed by atoms with Crippen LogP contribution in [0.5, 0.6) is 0 Å². The lowest BCUT2D eigenvalue weighted by Gasteiger charge is -2.15. The number of anilines is 1. The summed E-state index contributed by atoms with van der Waals surface area (Å²) < 4.78 is 5.22. The summed E-state index contributed by atoms with van der Waals surface area (Å²) in [5.74, 6) is 1.39. The molecule has 1 saturated heterocycles. The van der Waals surface area contributed by atoms with Crippen molar-refractivity contribution in [2.75, 3.05) is 18.5 Å². The Bertz CT molecular complexity index is 721. The summed E-state index contributed by atoms with van der Waals surface area (Å²) in [6.45, 7) is 2.88. The van der Waals surface area contributed by atoms with Gasteiger partial charge in [-0.05, 0) is 44.2 Å². The molecule has 0 aliphatic carbocycles. The van der Waals surface area contributed by atoms with E-state index in [4.69, 9.17) is 4.52 Å². The van der Waals surface area contributed by atoms with Crippen molar-refractivity contribution in [2.45, 2.75) is 32.2 Å².